The molecular formula is C7H8N2O3S. The number of rotatable bonds is 1. The van der Waals surface area contributed by atoms with Crippen LogP contribution >= 0.6 is 0 Å². The fourth-order valence-electron chi connectivity index (χ4n) is 1.10. The minimum atomic E-state index is -2.00. The lowest BCUT2D eigenvalue weighted by molar-refractivity contribution is 0.320. The Morgan fingerprint density at radius 3 is 3.31 bits per heavy atom. The Labute approximate surface area is 77.4 Å². The first-order chi connectivity index (χ1) is 6.27. The summed E-state index contributed by atoms with van der Waals surface area (Å²) < 4.78 is 24.7. The third-order valence-electron chi connectivity index (χ3n) is 1.68. The average molecular weight is 200 g/mol. The van der Waals surface area contributed by atoms with Crippen LogP contribution in [0.15, 0.2) is 17.2 Å². The van der Waals surface area contributed by atoms with Gasteiger partial charge in [-0.1, -0.05) is 0 Å². The van der Waals surface area contributed by atoms with E-state index in [0.29, 0.717) is 24.7 Å². The summed E-state index contributed by atoms with van der Waals surface area (Å²) in [5.74, 6) is 1.16. The number of anilines is 1. The molecule has 0 radical (unpaired) electrons. The summed E-state index contributed by atoms with van der Waals surface area (Å²) in [7, 11) is 0. The maximum Gasteiger partial charge on any atom is 0.188 e. The van der Waals surface area contributed by atoms with E-state index in [1.165, 1.54) is 12.3 Å². The van der Waals surface area contributed by atoms with E-state index in [1.807, 2.05) is 0 Å². The fourth-order valence-corrected chi connectivity index (χ4v) is 1.45. The van der Waals surface area contributed by atoms with Crippen LogP contribution < -0.4 is 10.1 Å². The van der Waals surface area contributed by atoms with Crippen molar-refractivity contribution in [3.63, 3.8) is 0 Å². The first-order valence-corrected chi connectivity index (χ1v) is 4.85. The molecule has 0 saturated carbocycles. The molecule has 1 aromatic heterocycles. The normalized spacial score (nSPS) is 16.7. The van der Waals surface area contributed by atoms with E-state index in [9.17, 15) is 4.21 Å². The van der Waals surface area contributed by atoms with Gasteiger partial charge in [-0.15, -0.1) is 0 Å². The molecule has 5 nitrogen and oxygen atoms in total. The number of nitrogens with zero attached hydrogens (tertiary/aromatic N) is 1. The molecular weight excluding hydrogens is 192 g/mol. The van der Waals surface area contributed by atoms with Gasteiger partial charge >= 0.3 is 0 Å². The molecule has 1 atom stereocenters. The van der Waals surface area contributed by atoms with Crippen molar-refractivity contribution in [2.45, 2.75) is 4.90 Å². The Morgan fingerprint density at radius 2 is 2.54 bits per heavy atom. The van der Waals surface area contributed by atoms with E-state index < -0.39 is 11.1 Å². The number of hydrogen-bond donors (Lipinski definition) is 2. The van der Waals surface area contributed by atoms with Gasteiger partial charge in [0.25, 0.3) is 0 Å². The van der Waals surface area contributed by atoms with Gasteiger partial charge in [0.15, 0.2) is 22.6 Å². The molecule has 1 aromatic rings. The van der Waals surface area contributed by atoms with Crippen molar-refractivity contribution in [2.24, 2.45) is 0 Å². The second kappa shape index (κ2) is 3.31. The molecule has 0 saturated heterocycles. The van der Waals surface area contributed by atoms with Gasteiger partial charge in [0, 0.05) is 12.3 Å². The number of hydrogen-bond acceptors (Lipinski definition) is 4. The van der Waals surface area contributed by atoms with Crippen LogP contribution in [0.1, 0.15) is 0 Å². The van der Waals surface area contributed by atoms with Crippen LogP contribution in [0.2, 0.25) is 0 Å². The van der Waals surface area contributed by atoms with Gasteiger partial charge in [0.1, 0.15) is 6.61 Å². The lowest BCUT2D eigenvalue weighted by Crippen LogP contribution is -2.19. The molecule has 1 aliphatic heterocycles. The van der Waals surface area contributed by atoms with Gasteiger partial charge in [-0.05, 0) is 0 Å². The molecule has 0 bridgehead atoms. The van der Waals surface area contributed by atoms with Crippen LogP contribution in [0.25, 0.3) is 0 Å². The highest BCUT2D eigenvalue weighted by Gasteiger charge is 2.12. The standard InChI is InChI=1S/C7H8N2O3S/c10-13(11)5-3-6-7(9-4-5)8-1-2-12-6/h3-4H,1-2H2,(H,8,9)(H,10,11). The number of pyridine rings is 1. The van der Waals surface area contributed by atoms with Crippen molar-refractivity contribution in [1.29, 1.82) is 0 Å². The monoisotopic (exact) mass is 200 g/mol. The largest absolute Gasteiger partial charge is 0.488 e. The number of fused-ring (bicyclic) bond motifs is 1. The third kappa shape index (κ3) is 1.63. The molecule has 13 heavy (non-hydrogen) atoms. The maximum absolute atomic E-state index is 10.7. The molecule has 70 valence electrons. The van der Waals surface area contributed by atoms with Crippen LogP contribution in [-0.4, -0.2) is 26.9 Å². The lowest BCUT2D eigenvalue weighted by Gasteiger charge is -2.17. The lowest BCUT2D eigenvalue weighted by atomic mass is 10.4. The van der Waals surface area contributed by atoms with Gasteiger partial charge < -0.3 is 14.6 Å². The predicted molar refractivity (Wildman–Crippen MR) is 47.3 cm³/mol. The van der Waals surface area contributed by atoms with E-state index in [1.54, 1.807) is 0 Å². The SMILES string of the molecule is O=S(O)c1cnc2c(c1)OCCN2. The van der Waals surface area contributed by atoms with Crippen LogP contribution in [0.3, 0.4) is 0 Å². The Morgan fingerprint density at radius 1 is 1.69 bits per heavy atom. The van der Waals surface area contributed by atoms with Crippen molar-refractivity contribution < 1.29 is 13.5 Å². The molecule has 0 fully saturated rings. The van der Waals surface area contributed by atoms with Crippen molar-refractivity contribution >= 4 is 16.9 Å². The molecule has 2 N–H and O–H groups in total. The zero-order valence-electron chi connectivity index (χ0n) is 6.69. The summed E-state index contributed by atoms with van der Waals surface area (Å²) in [5.41, 5.74) is 0. The second-order valence-corrected chi connectivity index (χ2v) is 3.51. The minimum absolute atomic E-state index is 0.252. The Balaban J connectivity index is 2.40. The Bertz CT molecular complexity index is 356. The van der Waals surface area contributed by atoms with Crippen LogP contribution in [0.5, 0.6) is 5.75 Å². The molecule has 1 unspecified atom stereocenters. The average Bonchev–Trinajstić information content (AvgIpc) is 2.17. The van der Waals surface area contributed by atoms with Crippen LogP contribution in [0, 0.1) is 0 Å². The summed E-state index contributed by atoms with van der Waals surface area (Å²) in [4.78, 5) is 4.20. The quantitative estimate of drug-likeness (QED) is 0.645. The molecule has 6 heteroatoms. The van der Waals surface area contributed by atoms with Crippen LogP contribution in [-0.2, 0) is 11.1 Å². The molecule has 2 rings (SSSR count). The van der Waals surface area contributed by atoms with E-state index >= 15 is 0 Å². The molecule has 0 amide bonds. The summed E-state index contributed by atoms with van der Waals surface area (Å²) in [6, 6.07) is 1.52. The number of ether oxygens (including phenoxy) is 1. The first kappa shape index (κ1) is 8.46. The highest BCUT2D eigenvalue weighted by molar-refractivity contribution is 7.79. The minimum Gasteiger partial charge on any atom is -0.488 e. The van der Waals surface area contributed by atoms with Crippen LogP contribution in [0.4, 0.5) is 5.82 Å². The molecule has 0 aromatic carbocycles. The van der Waals surface area contributed by atoms with Gasteiger partial charge in [0.05, 0.1) is 11.4 Å². The molecule has 0 spiro atoms. The second-order valence-electron chi connectivity index (χ2n) is 2.54. The zero-order valence-corrected chi connectivity index (χ0v) is 7.50. The van der Waals surface area contributed by atoms with E-state index in [4.69, 9.17) is 9.29 Å². The Hall–Kier alpha value is -1.14. The molecule has 1 aliphatic rings. The third-order valence-corrected chi connectivity index (χ3v) is 2.31. The summed E-state index contributed by atoms with van der Waals surface area (Å²) in [5, 5.41) is 3.01. The number of nitrogens with one attached hydrogen (secondary N) is 1. The van der Waals surface area contributed by atoms with Gasteiger partial charge in [-0.3, -0.25) is 0 Å². The fraction of sp³-hybridized carbons (Fsp3) is 0.286. The summed E-state index contributed by atoms with van der Waals surface area (Å²) >= 11 is -2.00. The summed E-state index contributed by atoms with van der Waals surface area (Å²) in [6.07, 6.45) is 1.36. The van der Waals surface area contributed by atoms with Crippen molar-refractivity contribution in [3.8, 4) is 5.75 Å². The van der Waals surface area contributed by atoms with E-state index in [0.717, 1.165) is 0 Å². The summed E-state index contributed by atoms with van der Waals surface area (Å²) in [6.45, 7) is 1.26. The smallest absolute Gasteiger partial charge is 0.188 e. The molecule has 2 heterocycles. The molecule has 0 aliphatic carbocycles. The predicted octanol–water partition coefficient (Wildman–Crippen LogP) is 0.467. The van der Waals surface area contributed by atoms with Crippen molar-refractivity contribution in [2.75, 3.05) is 18.5 Å². The zero-order chi connectivity index (χ0) is 9.26. The maximum atomic E-state index is 10.7. The highest BCUT2D eigenvalue weighted by atomic mass is 32.2. The Kier molecular flexibility index (Phi) is 2.15. The van der Waals surface area contributed by atoms with Gasteiger partial charge in [0.2, 0.25) is 0 Å². The van der Waals surface area contributed by atoms with E-state index in [2.05, 4.69) is 10.3 Å². The van der Waals surface area contributed by atoms with Gasteiger partial charge in [-0.2, -0.15) is 0 Å². The van der Waals surface area contributed by atoms with Crippen molar-refractivity contribution in [1.82, 2.24) is 4.98 Å². The first-order valence-electron chi connectivity index (χ1n) is 3.75. The van der Waals surface area contributed by atoms with Crippen molar-refractivity contribution in [3.05, 3.63) is 12.3 Å². The van der Waals surface area contributed by atoms with E-state index in [-0.39, 0.29) is 4.90 Å². The topological polar surface area (TPSA) is 71.5 Å². The highest BCUT2D eigenvalue weighted by Crippen LogP contribution is 2.26. The number of aromatic nitrogens is 1. The van der Waals surface area contributed by atoms with Gasteiger partial charge in [-0.25, -0.2) is 9.19 Å².